The standard InChI is InChI=1S/C74H114ClF3N12O12/c1-15-47(8)60-69(99)86(13)62(46(6)7)71(101)90-38-32-54(90)67(97)84(11)56(41-48-25-18-16-19-26-48)66(96)82(9)43-58(91)79-52(31-29-49-28-30-50(51(75)40-49)74(76,77)78)65(95)89-37-24-27-53(89)64(94)81-73(33-20-21-34-73)72(102)87(14)61(45(4)5)70(100)85(12)57(68(98)88-35-22-17-23-36-88)42-59(92)83(10)55(39-44(2)3)63(93)80-60/h28,30,40,44-48,52-57,60-62H,15-27,29,31-39,41-43H2,1-14H3,(H,79,91)(H,80,93)(H,81,94)/t47-,52-,53-,54-,55-,56-,57-,60-,61-,62-/m0/s1. The van der Waals surface area contributed by atoms with Gasteiger partial charge >= 0.3 is 6.18 Å². The molecule has 2 saturated carbocycles. The van der Waals surface area contributed by atoms with E-state index in [2.05, 4.69) is 16.0 Å². The predicted molar refractivity (Wildman–Crippen MR) is 378 cm³/mol. The Morgan fingerprint density at radius 1 is 0.608 bits per heavy atom. The van der Waals surface area contributed by atoms with Crippen molar-refractivity contribution >= 4 is 82.5 Å². The molecule has 0 unspecified atom stereocenters. The Bertz CT molecular complexity index is 3210. The molecule has 3 N–H and O–H groups in total. The van der Waals surface area contributed by atoms with E-state index in [1.807, 2.05) is 20.8 Å². The second-order valence-corrected chi connectivity index (χ2v) is 31.4. The van der Waals surface area contributed by atoms with Gasteiger partial charge in [0, 0.05) is 68.5 Å². The lowest BCUT2D eigenvalue weighted by molar-refractivity contribution is -0.162. The Balaban J connectivity index is 1.30. The van der Waals surface area contributed by atoms with Gasteiger partial charge in [0.25, 0.3) is 0 Å². The zero-order valence-electron chi connectivity index (χ0n) is 62.6. The third kappa shape index (κ3) is 19.3. The van der Waals surface area contributed by atoms with Crippen LogP contribution in [0.25, 0.3) is 0 Å². The van der Waals surface area contributed by atoms with Crippen LogP contribution in [0.1, 0.15) is 195 Å². The Morgan fingerprint density at radius 3 is 1.78 bits per heavy atom. The second-order valence-electron chi connectivity index (χ2n) is 31.0. The van der Waals surface area contributed by atoms with Gasteiger partial charge in [0.05, 0.1) is 23.6 Å². The van der Waals surface area contributed by atoms with E-state index in [1.165, 1.54) is 82.7 Å². The summed E-state index contributed by atoms with van der Waals surface area (Å²) in [6.07, 6.45) is 3.74. The third-order valence-electron chi connectivity index (χ3n) is 22.5. The van der Waals surface area contributed by atoms with Crippen LogP contribution in [0.2, 0.25) is 5.02 Å². The molecule has 4 aliphatic heterocycles. The summed E-state index contributed by atoms with van der Waals surface area (Å²) in [5.74, 6) is -9.37. The number of alkyl halides is 3. The first-order chi connectivity index (χ1) is 48.0. The Kier molecular flexibility index (Phi) is 28.7. The van der Waals surface area contributed by atoms with Crippen LogP contribution in [0.3, 0.4) is 0 Å². The van der Waals surface area contributed by atoms with Gasteiger partial charge in [0.15, 0.2) is 0 Å². The molecule has 0 aromatic heterocycles. The largest absolute Gasteiger partial charge is 0.417 e. The lowest BCUT2D eigenvalue weighted by atomic mass is 9.84. The molecule has 0 bridgehead atoms. The smallest absolute Gasteiger partial charge is 0.343 e. The summed E-state index contributed by atoms with van der Waals surface area (Å²) in [6.45, 7) is 14.7. The minimum atomic E-state index is -4.76. The molecule has 0 radical (unpaired) electrons. The molecule has 1 aromatic carbocycles. The number of likely N-dealkylation sites (tertiary alicyclic amines) is 1. The van der Waals surface area contributed by atoms with E-state index >= 15 is 52.7 Å². The molecule has 10 atom stereocenters. The van der Waals surface area contributed by atoms with Crippen LogP contribution in [0.4, 0.5) is 13.2 Å². The highest BCUT2D eigenvalue weighted by Crippen LogP contribution is 2.38. The summed E-state index contributed by atoms with van der Waals surface area (Å²) in [5, 5.41) is 8.21. The molecule has 570 valence electrons. The van der Waals surface area contributed by atoms with Crippen molar-refractivity contribution in [2.75, 3.05) is 75.0 Å². The second kappa shape index (κ2) is 35.6. The first kappa shape index (κ1) is 82.2. The number of likely N-dealkylation sites (N-methyl/N-ethyl adjacent to an activating group) is 6. The Morgan fingerprint density at radius 2 is 1.22 bits per heavy atom. The zero-order chi connectivity index (χ0) is 75.6. The molecule has 28 heteroatoms. The molecule has 1 spiro atoms. The summed E-state index contributed by atoms with van der Waals surface area (Å²) in [7, 11) is 8.68. The fourth-order valence-electron chi connectivity index (χ4n) is 16.1. The van der Waals surface area contributed by atoms with Gasteiger partial charge in [-0.3, -0.25) is 57.5 Å². The van der Waals surface area contributed by atoms with Crippen LogP contribution >= 0.6 is 11.6 Å². The van der Waals surface area contributed by atoms with Crippen LogP contribution in [0.5, 0.6) is 0 Å². The number of rotatable bonds is 12. The maximum Gasteiger partial charge on any atom is 0.417 e. The van der Waals surface area contributed by atoms with Crippen molar-refractivity contribution in [3.05, 3.63) is 34.3 Å². The molecule has 12 amide bonds. The highest BCUT2D eigenvalue weighted by molar-refractivity contribution is 6.31. The molecule has 24 nitrogen and oxygen atoms in total. The van der Waals surface area contributed by atoms with Crippen LogP contribution < -0.4 is 16.0 Å². The summed E-state index contributed by atoms with van der Waals surface area (Å²) in [4.78, 5) is 193. The van der Waals surface area contributed by atoms with Crippen molar-refractivity contribution in [2.24, 2.45) is 29.6 Å². The van der Waals surface area contributed by atoms with E-state index in [0.29, 0.717) is 57.2 Å². The SMILES string of the molecule is CC[C@H](C)[C@@H]1NC(=O)[C@H](CC(C)C)N(C)C(=O)C[C@@H](C(=O)N2CCCCC2)N(C)C(=O)[C@H](C(C)C)N(C)C(=O)C2(CCCC2)NC(=O)[C@@H]2CCCN2C(=O)[C@H](CCc2ccc(C(F)(F)F)c(Cl)c2)NC(=O)CN(C)C(=O)[C@H](CC2CCCCC2)N(C)C(=O)[C@@H]2CCN2C(=O)[C@H](C(C)C)N(C)C1=O. The lowest BCUT2D eigenvalue weighted by Gasteiger charge is -2.46. The quantitative estimate of drug-likeness (QED) is 0.198. The maximum atomic E-state index is 15.5. The predicted octanol–water partition coefficient (Wildman–Crippen LogP) is 6.67. The van der Waals surface area contributed by atoms with Crippen molar-refractivity contribution in [1.29, 1.82) is 0 Å². The highest BCUT2D eigenvalue weighted by atomic mass is 35.5. The van der Waals surface area contributed by atoms with E-state index < -0.39 is 178 Å². The van der Waals surface area contributed by atoms with Crippen molar-refractivity contribution < 1.29 is 70.7 Å². The number of hydrogen-bond acceptors (Lipinski definition) is 12. The van der Waals surface area contributed by atoms with Crippen LogP contribution in [0.15, 0.2) is 18.2 Å². The van der Waals surface area contributed by atoms with Gasteiger partial charge in [-0.15, -0.1) is 0 Å². The number of fused-ring (bicyclic) bond motifs is 2. The molecule has 2 aliphatic carbocycles. The molecule has 4 saturated heterocycles. The number of hydrogen-bond donors (Lipinski definition) is 3. The van der Waals surface area contributed by atoms with Crippen molar-refractivity contribution in [1.82, 2.24) is 60.0 Å². The van der Waals surface area contributed by atoms with Crippen LogP contribution in [-0.4, -0.2) is 250 Å². The van der Waals surface area contributed by atoms with Crippen LogP contribution in [-0.2, 0) is 70.1 Å². The molecular weight excluding hydrogens is 1340 g/mol. The van der Waals surface area contributed by atoms with E-state index in [1.54, 1.807) is 39.5 Å². The van der Waals surface area contributed by atoms with E-state index in [4.69, 9.17) is 11.6 Å². The van der Waals surface area contributed by atoms with Gasteiger partial charge < -0.3 is 60.0 Å². The van der Waals surface area contributed by atoms with Gasteiger partial charge in [0.2, 0.25) is 70.9 Å². The van der Waals surface area contributed by atoms with Crippen LogP contribution in [0, 0.1) is 29.6 Å². The monoisotopic (exact) mass is 1450 g/mol. The zero-order valence-corrected chi connectivity index (χ0v) is 63.4. The number of aryl methyl sites for hydroxylation is 1. The number of carbonyl (C=O) groups is 12. The van der Waals surface area contributed by atoms with Gasteiger partial charge in [-0.25, -0.2) is 0 Å². The van der Waals surface area contributed by atoms with Gasteiger partial charge in [-0.1, -0.05) is 124 Å². The minimum Gasteiger partial charge on any atom is -0.343 e. The minimum absolute atomic E-state index is 0.0185. The fourth-order valence-corrected chi connectivity index (χ4v) is 16.4. The van der Waals surface area contributed by atoms with E-state index in [9.17, 15) is 18.0 Å². The normalized spacial score (nSPS) is 27.6. The topological polar surface area (TPSA) is 270 Å². The van der Waals surface area contributed by atoms with E-state index in [-0.39, 0.29) is 76.3 Å². The lowest BCUT2D eigenvalue weighted by Crippen LogP contribution is -2.66. The average Bonchev–Trinajstić information content (AvgIpc) is 0.982. The number of carbonyl (C=O) groups excluding carboxylic acids is 12. The number of benzene rings is 1. The van der Waals surface area contributed by atoms with Gasteiger partial charge in [0.1, 0.15) is 59.9 Å². The molecule has 7 rings (SSSR count). The van der Waals surface area contributed by atoms with Crippen molar-refractivity contribution in [3.8, 4) is 0 Å². The summed E-state index contributed by atoms with van der Waals surface area (Å²) in [5.41, 5.74) is -2.35. The van der Waals surface area contributed by atoms with Gasteiger partial charge in [-0.05, 0) is 124 Å². The molecule has 4 heterocycles. The molecule has 6 fully saturated rings. The number of piperidine rings is 1. The summed E-state index contributed by atoms with van der Waals surface area (Å²) in [6, 6.07) is -7.86. The number of nitrogens with zero attached hydrogens (tertiary/aromatic N) is 9. The fraction of sp³-hybridized carbons (Fsp3) is 0.757. The third-order valence-corrected chi connectivity index (χ3v) is 22.8. The maximum absolute atomic E-state index is 15.5. The summed E-state index contributed by atoms with van der Waals surface area (Å²) < 4.78 is 41.7. The van der Waals surface area contributed by atoms with E-state index in [0.717, 1.165) is 55.6 Å². The highest BCUT2D eigenvalue weighted by Gasteiger charge is 2.52. The first-order valence-electron chi connectivity index (χ1n) is 37.2. The molecular formula is C74H114ClF3N12O12. The first-order valence-corrected chi connectivity index (χ1v) is 37.6. The number of halogens is 4. The van der Waals surface area contributed by atoms with Crippen molar-refractivity contribution in [2.45, 2.75) is 256 Å². The van der Waals surface area contributed by atoms with Crippen molar-refractivity contribution in [3.63, 3.8) is 0 Å². The molecule has 102 heavy (non-hydrogen) atoms. The number of nitrogens with one attached hydrogen (secondary N) is 3. The Hall–Kier alpha value is -7.06. The summed E-state index contributed by atoms with van der Waals surface area (Å²) >= 11 is 6.17. The number of amides is 12. The Labute approximate surface area is 605 Å². The molecule has 1 aromatic rings. The molecule has 6 aliphatic rings. The van der Waals surface area contributed by atoms with Gasteiger partial charge in [-0.2, -0.15) is 13.2 Å². The average molecular weight is 1460 g/mol.